The summed E-state index contributed by atoms with van der Waals surface area (Å²) < 4.78 is 31.9. The van der Waals surface area contributed by atoms with Crippen molar-refractivity contribution in [3.8, 4) is 5.75 Å². The first-order valence-corrected chi connectivity index (χ1v) is 9.99. The lowest BCUT2D eigenvalue weighted by Gasteiger charge is -2.15. The summed E-state index contributed by atoms with van der Waals surface area (Å²) in [6.45, 7) is 0.122. The van der Waals surface area contributed by atoms with Crippen LogP contribution < -0.4 is 10.1 Å². The van der Waals surface area contributed by atoms with Crippen molar-refractivity contribution < 1.29 is 23.1 Å². The smallest absolute Gasteiger partial charge is 0.278 e. The Labute approximate surface area is 183 Å². The molecule has 0 aromatic heterocycles. The minimum absolute atomic E-state index is 0.0882. The van der Waals surface area contributed by atoms with E-state index < -0.39 is 17.6 Å². The van der Waals surface area contributed by atoms with E-state index in [2.05, 4.69) is 5.32 Å². The molecule has 0 unspecified atom stereocenters. The molecule has 3 aromatic carbocycles. The first-order valence-electron chi connectivity index (χ1n) is 9.99. The predicted molar refractivity (Wildman–Crippen MR) is 117 cm³/mol. The number of anilines is 1. The van der Waals surface area contributed by atoms with E-state index in [-0.39, 0.29) is 23.6 Å². The fraction of sp³-hybridized carbons (Fsp3) is 0.120. The Morgan fingerprint density at radius 1 is 0.844 bits per heavy atom. The summed E-state index contributed by atoms with van der Waals surface area (Å²) >= 11 is 0. The summed E-state index contributed by atoms with van der Waals surface area (Å²) in [6, 6.07) is 18.3. The van der Waals surface area contributed by atoms with Gasteiger partial charge in [0.05, 0.1) is 12.7 Å². The van der Waals surface area contributed by atoms with Crippen LogP contribution in [0.15, 0.2) is 78.5 Å². The molecule has 162 valence electrons. The Morgan fingerprint density at radius 3 is 2.12 bits per heavy atom. The lowest BCUT2D eigenvalue weighted by molar-refractivity contribution is -0.136. The van der Waals surface area contributed by atoms with Crippen LogP contribution >= 0.6 is 0 Å². The van der Waals surface area contributed by atoms with Gasteiger partial charge in [-0.2, -0.15) is 0 Å². The average molecular weight is 434 g/mol. The highest BCUT2D eigenvalue weighted by Crippen LogP contribution is 2.35. The molecular weight excluding hydrogens is 414 g/mol. The molecule has 7 heteroatoms. The maximum atomic E-state index is 13.3. The third kappa shape index (κ3) is 4.23. The summed E-state index contributed by atoms with van der Waals surface area (Å²) in [5.74, 6) is -1.28. The van der Waals surface area contributed by atoms with Crippen molar-refractivity contribution in [1.82, 2.24) is 4.90 Å². The lowest BCUT2D eigenvalue weighted by atomic mass is 10.0. The number of carbonyl (C=O) groups excluding carboxylic acids is 2. The summed E-state index contributed by atoms with van der Waals surface area (Å²) in [7, 11) is 1.49. The zero-order valence-corrected chi connectivity index (χ0v) is 17.3. The number of ether oxygens (including phenoxy) is 1. The van der Waals surface area contributed by atoms with Crippen LogP contribution in [0.3, 0.4) is 0 Å². The zero-order valence-electron chi connectivity index (χ0n) is 17.3. The maximum absolute atomic E-state index is 13.3. The molecule has 0 saturated heterocycles. The molecule has 1 heterocycles. The Morgan fingerprint density at radius 2 is 1.47 bits per heavy atom. The van der Waals surface area contributed by atoms with Crippen molar-refractivity contribution in [2.45, 2.75) is 6.42 Å². The number of imide groups is 1. The standard InChI is InChI=1S/C25H20F2N2O3/c1-32-21-5-3-2-4-20(21)22-23(28-19-12-10-18(27)11-13-19)25(31)29(24(22)30)15-14-16-6-8-17(26)9-7-16/h2-13,28H,14-15H2,1H3. The van der Waals surface area contributed by atoms with Gasteiger partial charge >= 0.3 is 0 Å². The molecule has 0 saturated carbocycles. The summed E-state index contributed by atoms with van der Waals surface area (Å²) in [5, 5.41) is 2.98. The number of hydrogen-bond donors (Lipinski definition) is 1. The quantitative estimate of drug-likeness (QED) is 0.560. The number of carbonyl (C=O) groups is 2. The molecule has 3 aromatic rings. The van der Waals surface area contributed by atoms with Crippen molar-refractivity contribution in [1.29, 1.82) is 0 Å². The highest BCUT2D eigenvalue weighted by molar-refractivity contribution is 6.37. The van der Waals surface area contributed by atoms with Crippen molar-refractivity contribution in [3.63, 3.8) is 0 Å². The largest absolute Gasteiger partial charge is 0.496 e. The number of nitrogens with one attached hydrogen (secondary N) is 1. The third-order valence-corrected chi connectivity index (χ3v) is 5.20. The van der Waals surface area contributed by atoms with Gasteiger partial charge in [-0.05, 0) is 54.4 Å². The molecule has 4 rings (SSSR count). The SMILES string of the molecule is COc1ccccc1C1=C(Nc2ccc(F)cc2)C(=O)N(CCc2ccc(F)cc2)C1=O. The second-order valence-electron chi connectivity index (χ2n) is 7.22. The van der Waals surface area contributed by atoms with Crippen molar-refractivity contribution in [3.05, 3.63) is 101 Å². The number of halogens is 2. The number of benzene rings is 3. The summed E-state index contributed by atoms with van der Waals surface area (Å²) in [4.78, 5) is 27.8. The molecule has 0 bridgehead atoms. The average Bonchev–Trinajstić information content (AvgIpc) is 3.03. The van der Waals surface area contributed by atoms with Gasteiger partial charge in [-0.1, -0.05) is 30.3 Å². The van der Waals surface area contributed by atoms with Crippen LogP contribution in [0.25, 0.3) is 5.57 Å². The molecule has 1 aliphatic heterocycles. The number of amides is 2. The van der Waals surface area contributed by atoms with Crippen LogP contribution in [-0.4, -0.2) is 30.4 Å². The molecule has 5 nitrogen and oxygen atoms in total. The van der Waals surface area contributed by atoms with Crippen LogP contribution in [0.4, 0.5) is 14.5 Å². The van der Waals surface area contributed by atoms with Gasteiger partial charge in [0.25, 0.3) is 11.8 Å². The van der Waals surface area contributed by atoms with Gasteiger partial charge in [0.1, 0.15) is 23.1 Å². The molecule has 1 N–H and O–H groups in total. The van der Waals surface area contributed by atoms with E-state index in [4.69, 9.17) is 4.74 Å². The molecule has 32 heavy (non-hydrogen) atoms. The number of hydrogen-bond acceptors (Lipinski definition) is 4. The van der Waals surface area contributed by atoms with E-state index in [1.54, 1.807) is 36.4 Å². The fourth-order valence-corrected chi connectivity index (χ4v) is 3.57. The molecule has 0 spiro atoms. The van der Waals surface area contributed by atoms with Gasteiger partial charge in [-0.3, -0.25) is 14.5 Å². The van der Waals surface area contributed by atoms with E-state index in [9.17, 15) is 18.4 Å². The second-order valence-corrected chi connectivity index (χ2v) is 7.22. The van der Waals surface area contributed by atoms with E-state index >= 15 is 0 Å². The lowest BCUT2D eigenvalue weighted by Crippen LogP contribution is -2.34. The third-order valence-electron chi connectivity index (χ3n) is 5.20. The van der Waals surface area contributed by atoms with Crippen molar-refractivity contribution >= 4 is 23.1 Å². The Bertz CT molecular complexity index is 1190. The molecule has 2 amide bonds. The van der Waals surface area contributed by atoms with Gasteiger partial charge in [0.15, 0.2) is 0 Å². The van der Waals surface area contributed by atoms with E-state index in [0.717, 1.165) is 10.5 Å². The number of para-hydroxylation sites is 1. The van der Waals surface area contributed by atoms with Gasteiger partial charge in [-0.25, -0.2) is 8.78 Å². The topological polar surface area (TPSA) is 58.6 Å². The minimum Gasteiger partial charge on any atom is -0.496 e. The van der Waals surface area contributed by atoms with Crippen LogP contribution in [-0.2, 0) is 16.0 Å². The number of nitrogens with zero attached hydrogens (tertiary/aromatic N) is 1. The highest BCUT2D eigenvalue weighted by atomic mass is 19.1. The predicted octanol–water partition coefficient (Wildman–Crippen LogP) is 4.41. The molecule has 0 aliphatic carbocycles. The van der Waals surface area contributed by atoms with Gasteiger partial charge in [-0.15, -0.1) is 0 Å². The van der Waals surface area contributed by atoms with Crippen molar-refractivity contribution in [2.75, 3.05) is 19.0 Å². The van der Waals surface area contributed by atoms with E-state index in [0.29, 0.717) is 23.4 Å². The van der Waals surface area contributed by atoms with E-state index in [1.165, 1.54) is 43.5 Å². The molecule has 0 fully saturated rings. The Kier molecular flexibility index (Phi) is 5.98. The maximum Gasteiger partial charge on any atom is 0.278 e. The van der Waals surface area contributed by atoms with Crippen molar-refractivity contribution in [2.24, 2.45) is 0 Å². The fourth-order valence-electron chi connectivity index (χ4n) is 3.57. The van der Waals surface area contributed by atoms with Crippen LogP contribution in [0.1, 0.15) is 11.1 Å². The monoisotopic (exact) mass is 434 g/mol. The van der Waals surface area contributed by atoms with Crippen LogP contribution in [0, 0.1) is 11.6 Å². The molecular formula is C25H20F2N2O3. The second kappa shape index (κ2) is 9.01. The Hall–Kier alpha value is -4.00. The van der Waals surface area contributed by atoms with Gasteiger partial charge < -0.3 is 10.1 Å². The van der Waals surface area contributed by atoms with Gasteiger partial charge in [0.2, 0.25) is 0 Å². The first kappa shape index (κ1) is 21.2. The number of rotatable bonds is 7. The molecule has 1 aliphatic rings. The molecule has 0 radical (unpaired) electrons. The normalized spacial score (nSPS) is 13.7. The summed E-state index contributed by atoms with van der Waals surface area (Å²) in [6.07, 6.45) is 0.376. The summed E-state index contributed by atoms with van der Waals surface area (Å²) in [5.41, 5.74) is 2.00. The number of methoxy groups -OCH3 is 1. The zero-order chi connectivity index (χ0) is 22.7. The van der Waals surface area contributed by atoms with Crippen LogP contribution in [0.5, 0.6) is 5.75 Å². The van der Waals surface area contributed by atoms with Gasteiger partial charge in [0, 0.05) is 17.8 Å². The minimum atomic E-state index is -0.498. The first-order chi connectivity index (χ1) is 15.5. The van der Waals surface area contributed by atoms with E-state index in [1.807, 2.05) is 0 Å². The molecule has 0 atom stereocenters. The Balaban J connectivity index is 1.69. The highest BCUT2D eigenvalue weighted by Gasteiger charge is 2.40. The van der Waals surface area contributed by atoms with Crippen LogP contribution in [0.2, 0.25) is 0 Å².